The van der Waals surface area contributed by atoms with Crippen molar-refractivity contribution in [3.63, 3.8) is 0 Å². The second-order valence-corrected chi connectivity index (χ2v) is 5.05. The van der Waals surface area contributed by atoms with Gasteiger partial charge in [-0.2, -0.15) is 0 Å². The molecular weight excluding hydrogens is 419 g/mol. The summed E-state index contributed by atoms with van der Waals surface area (Å²) in [4.78, 5) is 15.8. The van der Waals surface area contributed by atoms with Gasteiger partial charge in [-0.15, -0.1) is 24.0 Å². The normalized spacial score (nSPS) is 10.7. The zero-order valence-corrected chi connectivity index (χ0v) is 17.1. The molecule has 6 nitrogen and oxygen atoms in total. The highest BCUT2D eigenvalue weighted by atomic mass is 127. The van der Waals surface area contributed by atoms with E-state index in [1.807, 2.05) is 38.1 Å². The van der Waals surface area contributed by atoms with Crippen LogP contribution < -0.4 is 16.0 Å². The van der Waals surface area contributed by atoms with Crippen LogP contribution in [0.2, 0.25) is 0 Å². The van der Waals surface area contributed by atoms with Crippen LogP contribution >= 0.6 is 24.0 Å². The molecule has 0 saturated heterocycles. The fourth-order valence-corrected chi connectivity index (χ4v) is 2.00. The van der Waals surface area contributed by atoms with Gasteiger partial charge in [0.15, 0.2) is 5.96 Å². The number of ether oxygens (including phenoxy) is 1. The Bertz CT molecular complexity index is 509. The molecule has 1 rings (SSSR count). The molecule has 0 aliphatic heterocycles. The Balaban J connectivity index is 0.00000529. The molecule has 0 spiro atoms. The van der Waals surface area contributed by atoms with E-state index in [-0.39, 0.29) is 29.9 Å². The lowest BCUT2D eigenvalue weighted by Gasteiger charge is -2.12. The molecule has 1 aromatic carbocycles. The quantitative estimate of drug-likeness (QED) is 0.235. The van der Waals surface area contributed by atoms with Gasteiger partial charge in [0.25, 0.3) is 0 Å². The first-order chi connectivity index (χ1) is 11.2. The monoisotopic (exact) mass is 448 g/mol. The molecule has 0 unspecified atom stereocenters. The molecule has 1 aromatic rings. The second kappa shape index (κ2) is 14.0. The van der Waals surface area contributed by atoms with Crippen molar-refractivity contribution < 1.29 is 9.53 Å². The first kappa shape index (κ1) is 22.6. The van der Waals surface area contributed by atoms with Gasteiger partial charge in [0.2, 0.25) is 5.91 Å². The van der Waals surface area contributed by atoms with E-state index >= 15 is 0 Å². The van der Waals surface area contributed by atoms with Crippen LogP contribution in [0, 0.1) is 0 Å². The third-order valence-electron chi connectivity index (χ3n) is 3.11. The van der Waals surface area contributed by atoms with Gasteiger partial charge < -0.3 is 20.7 Å². The van der Waals surface area contributed by atoms with Gasteiger partial charge in [-0.1, -0.05) is 19.1 Å². The van der Waals surface area contributed by atoms with Crippen LogP contribution in [-0.2, 0) is 16.1 Å². The Kier molecular flexibility index (Phi) is 13.2. The van der Waals surface area contributed by atoms with E-state index in [4.69, 9.17) is 4.74 Å². The standard InChI is InChI=1S/C17H28N4O2.HI/c1-4-7-16(22)21-15-9-6-8-14(12-15)13-20-17(18-3)19-10-11-23-5-2;/h6,8-9,12H,4-5,7,10-11,13H2,1-3H3,(H,21,22)(H2,18,19,20);1H. The number of amides is 1. The van der Waals surface area contributed by atoms with Crippen molar-refractivity contribution in [2.24, 2.45) is 4.99 Å². The summed E-state index contributed by atoms with van der Waals surface area (Å²) in [7, 11) is 1.73. The molecule has 136 valence electrons. The summed E-state index contributed by atoms with van der Waals surface area (Å²) in [5, 5.41) is 9.33. The van der Waals surface area contributed by atoms with Crippen LogP contribution in [0.25, 0.3) is 0 Å². The van der Waals surface area contributed by atoms with Crippen LogP contribution in [0.5, 0.6) is 0 Å². The van der Waals surface area contributed by atoms with Crippen LogP contribution in [-0.4, -0.2) is 38.7 Å². The molecule has 24 heavy (non-hydrogen) atoms. The second-order valence-electron chi connectivity index (χ2n) is 5.05. The average molecular weight is 448 g/mol. The number of hydrogen-bond acceptors (Lipinski definition) is 3. The number of guanidine groups is 1. The molecule has 0 bridgehead atoms. The van der Waals surface area contributed by atoms with Gasteiger partial charge in [-0.25, -0.2) is 0 Å². The molecule has 3 N–H and O–H groups in total. The highest BCUT2D eigenvalue weighted by Gasteiger charge is 2.02. The zero-order valence-electron chi connectivity index (χ0n) is 14.7. The van der Waals surface area contributed by atoms with Gasteiger partial charge in [0.05, 0.1) is 6.61 Å². The fourth-order valence-electron chi connectivity index (χ4n) is 2.00. The Morgan fingerprint density at radius 1 is 1.25 bits per heavy atom. The number of carbonyl (C=O) groups is 1. The summed E-state index contributed by atoms with van der Waals surface area (Å²) in [6.07, 6.45) is 1.38. The number of benzene rings is 1. The third-order valence-corrected chi connectivity index (χ3v) is 3.11. The number of nitrogens with zero attached hydrogens (tertiary/aromatic N) is 1. The topological polar surface area (TPSA) is 74.8 Å². The smallest absolute Gasteiger partial charge is 0.224 e. The fraction of sp³-hybridized carbons (Fsp3) is 0.529. The predicted octanol–water partition coefficient (Wildman–Crippen LogP) is 2.74. The van der Waals surface area contributed by atoms with E-state index in [0.717, 1.165) is 23.6 Å². The van der Waals surface area contributed by atoms with E-state index in [9.17, 15) is 4.79 Å². The molecule has 0 radical (unpaired) electrons. The minimum absolute atomic E-state index is 0. The van der Waals surface area contributed by atoms with Crippen molar-refractivity contribution in [1.29, 1.82) is 0 Å². The highest BCUT2D eigenvalue weighted by molar-refractivity contribution is 14.0. The van der Waals surface area contributed by atoms with Crippen molar-refractivity contribution in [3.8, 4) is 0 Å². The highest BCUT2D eigenvalue weighted by Crippen LogP contribution is 2.11. The lowest BCUT2D eigenvalue weighted by Crippen LogP contribution is -2.38. The molecule has 0 aliphatic rings. The van der Waals surface area contributed by atoms with Crippen molar-refractivity contribution in [3.05, 3.63) is 29.8 Å². The van der Waals surface area contributed by atoms with E-state index in [0.29, 0.717) is 32.7 Å². The molecule has 0 aromatic heterocycles. The molecule has 0 saturated carbocycles. The van der Waals surface area contributed by atoms with Gasteiger partial charge in [0.1, 0.15) is 0 Å². The van der Waals surface area contributed by atoms with Gasteiger partial charge in [-0.05, 0) is 31.0 Å². The van der Waals surface area contributed by atoms with Gasteiger partial charge in [-0.3, -0.25) is 9.79 Å². The number of nitrogens with one attached hydrogen (secondary N) is 3. The van der Waals surface area contributed by atoms with Crippen LogP contribution in [0.1, 0.15) is 32.3 Å². The van der Waals surface area contributed by atoms with Crippen LogP contribution in [0.4, 0.5) is 5.69 Å². The number of halogens is 1. The molecule has 7 heteroatoms. The van der Waals surface area contributed by atoms with Crippen molar-refractivity contribution >= 4 is 41.5 Å². The van der Waals surface area contributed by atoms with E-state index < -0.39 is 0 Å². The summed E-state index contributed by atoms with van der Waals surface area (Å²) in [6.45, 7) is 6.66. The maximum Gasteiger partial charge on any atom is 0.224 e. The number of anilines is 1. The number of hydrogen-bond donors (Lipinski definition) is 3. The maximum absolute atomic E-state index is 11.6. The Morgan fingerprint density at radius 3 is 2.71 bits per heavy atom. The number of rotatable bonds is 9. The molecule has 0 heterocycles. The van der Waals surface area contributed by atoms with Crippen molar-refractivity contribution in [1.82, 2.24) is 10.6 Å². The molecular formula is C17H29IN4O2. The number of carbonyl (C=O) groups excluding carboxylic acids is 1. The van der Waals surface area contributed by atoms with Gasteiger partial charge in [0, 0.05) is 38.9 Å². The molecule has 0 fully saturated rings. The first-order valence-electron chi connectivity index (χ1n) is 8.10. The minimum atomic E-state index is 0. The van der Waals surface area contributed by atoms with Crippen LogP contribution in [0.3, 0.4) is 0 Å². The molecule has 0 aliphatic carbocycles. The minimum Gasteiger partial charge on any atom is -0.380 e. The van der Waals surface area contributed by atoms with Gasteiger partial charge >= 0.3 is 0 Å². The van der Waals surface area contributed by atoms with Crippen molar-refractivity contribution in [2.75, 3.05) is 32.1 Å². The SMILES string of the molecule is CCCC(=O)Nc1cccc(CNC(=NC)NCCOCC)c1.I. The summed E-state index contributed by atoms with van der Waals surface area (Å²) in [6, 6.07) is 7.81. The Morgan fingerprint density at radius 2 is 2.04 bits per heavy atom. The summed E-state index contributed by atoms with van der Waals surface area (Å²) in [5.41, 5.74) is 1.90. The van der Waals surface area contributed by atoms with E-state index in [1.165, 1.54) is 0 Å². The Labute approximate surface area is 161 Å². The van der Waals surface area contributed by atoms with Crippen molar-refractivity contribution in [2.45, 2.75) is 33.2 Å². The zero-order chi connectivity index (χ0) is 16.9. The molecule has 0 atom stereocenters. The first-order valence-corrected chi connectivity index (χ1v) is 8.10. The lowest BCUT2D eigenvalue weighted by molar-refractivity contribution is -0.116. The van der Waals surface area contributed by atoms with Crippen LogP contribution in [0.15, 0.2) is 29.3 Å². The summed E-state index contributed by atoms with van der Waals surface area (Å²) in [5.74, 6) is 0.774. The predicted molar refractivity (Wildman–Crippen MR) is 110 cm³/mol. The largest absolute Gasteiger partial charge is 0.380 e. The average Bonchev–Trinajstić information content (AvgIpc) is 2.55. The third kappa shape index (κ3) is 9.71. The van der Waals surface area contributed by atoms with E-state index in [2.05, 4.69) is 20.9 Å². The summed E-state index contributed by atoms with van der Waals surface area (Å²) >= 11 is 0. The lowest BCUT2D eigenvalue weighted by atomic mass is 10.2. The Hall–Kier alpha value is -1.35. The molecule has 1 amide bonds. The summed E-state index contributed by atoms with van der Waals surface area (Å²) < 4.78 is 5.28. The maximum atomic E-state index is 11.6. The van der Waals surface area contributed by atoms with E-state index in [1.54, 1.807) is 7.05 Å². The number of aliphatic imine (C=N–C) groups is 1.